The van der Waals surface area contributed by atoms with E-state index in [1.807, 2.05) is 37.4 Å². The maximum atomic E-state index is 12.4. The summed E-state index contributed by atoms with van der Waals surface area (Å²) in [6.07, 6.45) is 0. The predicted octanol–water partition coefficient (Wildman–Crippen LogP) is 1.98. The molecular weight excluding hydrogens is 338 g/mol. The minimum absolute atomic E-state index is 0.256. The molecule has 0 saturated heterocycles. The standard InChI is InChI=1S/C17H19N5O2S/c1-11-9-12(2)21(19-11)15-6-7-16(23)22(20-15)13(3)17(24)18-10-14-5-4-8-25-14/h4-9,13H,10H2,1-3H3,(H,18,24). The van der Waals surface area contributed by atoms with E-state index in [-0.39, 0.29) is 11.5 Å². The van der Waals surface area contributed by atoms with Crippen LogP contribution in [0.5, 0.6) is 0 Å². The molecule has 3 heterocycles. The van der Waals surface area contributed by atoms with Gasteiger partial charge in [0.25, 0.3) is 5.56 Å². The quantitative estimate of drug-likeness (QED) is 0.757. The summed E-state index contributed by atoms with van der Waals surface area (Å²) >= 11 is 1.57. The number of amides is 1. The van der Waals surface area contributed by atoms with Gasteiger partial charge in [0.15, 0.2) is 5.82 Å². The molecule has 0 aliphatic rings. The van der Waals surface area contributed by atoms with Gasteiger partial charge in [0.05, 0.1) is 12.2 Å². The summed E-state index contributed by atoms with van der Waals surface area (Å²) in [7, 11) is 0. The molecule has 7 nitrogen and oxygen atoms in total. The number of aryl methyl sites for hydroxylation is 2. The molecular formula is C17H19N5O2S. The Bertz CT molecular complexity index is 942. The largest absolute Gasteiger partial charge is 0.349 e. The Morgan fingerprint density at radius 3 is 2.72 bits per heavy atom. The third-order valence-electron chi connectivity index (χ3n) is 3.80. The number of carbonyl (C=O) groups is 1. The number of rotatable bonds is 5. The van der Waals surface area contributed by atoms with Crippen molar-refractivity contribution in [1.82, 2.24) is 24.9 Å². The number of nitrogens with zero attached hydrogens (tertiary/aromatic N) is 4. The Morgan fingerprint density at radius 2 is 2.08 bits per heavy atom. The minimum Gasteiger partial charge on any atom is -0.349 e. The summed E-state index contributed by atoms with van der Waals surface area (Å²) < 4.78 is 2.84. The number of thiophene rings is 1. The second-order valence-electron chi connectivity index (χ2n) is 5.79. The van der Waals surface area contributed by atoms with Crippen LogP contribution >= 0.6 is 11.3 Å². The molecule has 1 amide bonds. The molecule has 0 spiro atoms. The molecule has 3 aromatic rings. The Labute approximate surface area is 148 Å². The van der Waals surface area contributed by atoms with E-state index in [4.69, 9.17) is 0 Å². The van der Waals surface area contributed by atoms with Gasteiger partial charge in [-0.15, -0.1) is 16.4 Å². The molecule has 1 N–H and O–H groups in total. The summed E-state index contributed by atoms with van der Waals surface area (Å²) in [5, 5.41) is 13.5. The summed E-state index contributed by atoms with van der Waals surface area (Å²) in [5.41, 5.74) is 1.44. The molecule has 1 unspecified atom stereocenters. The van der Waals surface area contributed by atoms with Crippen LogP contribution in [0.2, 0.25) is 0 Å². The smallest absolute Gasteiger partial charge is 0.267 e. The van der Waals surface area contributed by atoms with Gasteiger partial charge >= 0.3 is 0 Å². The average molecular weight is 357 g/mol. The Kier molecular flexibility index (Phi) is 4.80. The van der Waals surface area contributed by atoms with E-state index < -0.39 is 6.04 Å². The lowest BCUT2D eigenvalue weighted by atomic mass is 10.3. The van der Waals surface area contributed by atoms with Gasteiger partial charge in [-0.05, 0) is 44.4 Å². The number of aromatic nitrogens is 4. The van der Waals surface area contributed by atoms with Crippen molar-refractivity contribution in [2.75, 3.05) is 0 Å². The highest BCUT2D eigenvalue weighted by molar-refractivity contribution is 7.09. The molecule has 3 aromatic heterocycles. The maximum Gasteiger partial charge on any atom is 0.267 e. The van der Waals surface area contributed by atoms with E-state index >= 15 is 0 Å². The average Bonchev–Trinajstić information content (AvgIpc) is 3.22. The number of hydrogen-bond acceptors (Lipinski definition) is 5. The van der Waals surface area contributed by atoms with Gasteiger partial charge in [-0.3, -0.25) is 9.59 Å². The molecule has 0 bridgehead atoms. The number of nitrogens with one attached hydrogen (secondary N) is 1. The third-order valence-corrected chi connectivity index (χ3v) is 4.68. The van der Waals surface area contributed by atoms with Crippen LogP contribution in [0.4, 0.5) is 0 Å². The zero-order chi connectivity index (χ0) is 18.0. The van der Waals surface area contributed by atoms with Crippen LogP contribution in [-0.4, -0.2) is 25.5 Å². The highest BCUT2D eigenvalue weighted by Gasteiger charge is 2.18. The minimum atomic E-state index is -0.718. The van der Waals surface area contributed by atoms with E-state index in [2.05, 4.69) is 15.5 Å². The monoisotopic (exact) mass is 357 g/mol. The lowest BCUT2D eigenvalue weighted by Gasteiger charge is -2.15. The Balaban J connectivity index is 1.83. The molecule has 0 aliphatic heterocycles. The maximum absolute atomic E-state index is 12.4. The molecule has 0 aromatic carbocycles. The van der Waals surface area contributed by atoms with Crippen molar-refractivity contribution in [3.05, 3.63) is 62.3 Å². The van der Waals surface area contributed by atoms with E-state index in [0.717, 1.165) is 16.3 Å². The van der Waals surface area contributed by atoms with Crippen LogP contribution in [0.3, 0.4) is 0 Å². The van der Waals surface area contributed by atoms with Crippen molar-refractivity contribution in [3.8, 4) is 5.82 Å². The molecule has 25 heavy (non-hydrogen) atoms. The van der Waals surface area contributed by atoms with E-state index in [1.54, 1.807) is 29.0 Å². The van der Waals surface area contributed by atoms with E-state index in [0.29, 0.717) is 12.4 Å². The first-order valence-corrected chi connectivity index (χ1v) is 8.77. The zero-order valence-electron chi connectivity index (χ0n) is 14.3. The number of carbonyl (C=O) groups excluding carboxylic acids is 1. The highest BCUT2D eigenvalue weighted by atomic mass is 32.1. The second-order valence-corrected chi connectivity index (χ2v) is 6.82. The first-order valence-electron chi connectivity index (χ1n) is 7.89. The SMILES string of the molecule is Cc1cc(C)n(-c2ccc(=O)n(C(C)C(=O)NCc3cccs3)n2)n1. The van der Waals surface area contributed by atoms with Gasteiger partial charge in [-0.25, -0.2) is 9.36 Å². The van der Waals surface area contributed by atoms with Crippen LogP contribution in [-0.2, 0) is 11.3 Å². The predicted molar refractivity (Wildman–Crippen MR) is 96.0 cm³/mol. The molecule has 3 rings (SSSR count). The topological polar surface area (TPSA) is 81.8 Å². The van der Waals surface area contributed by atoms with Gasteiger partial charge in [-0.2, -0.15) is 5.10 Å². The molecule has 0 fully saturated rings. The normalized spacial score (nSPS) is 12.1. The van der Waals surface area contributed by atoms with Gasteiger partial charge in [0.2, 0.25) is 5.91 Å². The third kappa shape index (κ3) is 3.69. The molecule has 8 heteroatoms. The number of hydrogen-bond donors (Lipinski definition) is 1. The summed E-state index contributed by atoms with van der Waals surface area (Å²) in [4.78, 5) is 25.6. The molecule has 0 saturated carbocycles. The lowest BCUT2D eigenvalue weighted by molar-refractivity contribution is -0.124. The van der Waals surface area contributed by atoms with Crippen LogP contribution in [0.25, 0.3) is 5.82 Å². The summed E-state index contributed by atoms with van der Waals surface area (Å²) in [6.45, 7) is 5.89. The molecule has 0 aliphatic carbocycles. The van der Waals surface area contributed by atoms with Crippen molar-refractivity contribution < 1.29 is 4.79 Å². The fourth-order valence-corrected chi connectivity index (χ4v) is 3.16. The van der Waals surface area contributed by atoms with Crippen molar-refractivity contribution >= 4 is 17.2 Å². The van der Waals surface area contributed by atoms with Gasteiger partial charge < -0.3 is 5.32 Å². The van der Waals surface area contributed by atoms with E-state index in [9.17, 15) is 9.59 Å². The van der Waals surface area contributed by atoms with Crippen LogP contribution in [0, 0.1) is 13.8 Å². The van der Waals surface area contributed by atoms with Crippen molar-refractivity contribution in [2.45, 2.75) is 33.4 Å². The lowest BCUT2D eigenvalue weighted by Crippen LogP contribution is -2.37. The summed E-state index contributed by atoms with van der Waals surface area (Å²) in [5.74, 6) is 0.247. The van der Waals surface area contributed by atoms with Crippen molar-refractivity contribution in [1.29, 1.82) is 0 Å². The Hall–Kier alpha value is -2.74. The van der Waals surface area contributed by atoms with Crippen LogP contribution < -0.4 is 10.9 Å². The zero-order valence-corrected chi connectivity index (χ0v) is 15.1. The second kappa shape index (κ2) is 7.02. The van der Waals surface area contributed by atoms with Crippen LogP contribution in [0.1, 0.15) is 29.2 Å². The highest BCUT2D eigenvalue weighted by Crippen LogP contribution is 2.11. The fraction of sp³-hybridized carbons (Fsp3) is 0.294. The van der Waals surface area contributed by atoms with E-state index in [1.165, 1.54) is 10.7 Å². The van der Waals surface area contributed by atoms with Gasteiger partial charge in [0, 0.05) is 16.6 Å². The van der Waals surface area contributed by atoms with Crippen molar-refractivity contribution in [2.24, 2.45) is 0 Å². The summed E-state index contributed by atoms with van der Waals surface area (Å²) in [6, 6.07) is 8.09. The van der Waals surface area contributed by atoms with Crippen molar-refractivity contribution in [3.63, 3.8) is 0 Å². The molecule has 130 valence electrons. The first kappa shape index (κ1) is 17.1. The first-order chi connectivity index (χ1) is 12.0. The van der Waals surface area contributed by atoms with Crippen LogP contribution in [0.15, 0.2) is 40.5 Å². The molecule has 0 radical (unpaired) electrons. The Morgan fingerprint density at radius 1 is 1.28 bits per heavy atom. The van der Waals surface area contributed by atoms with Gasteiger partial charge in [0.1, 0.15) is 6.04 Å². The fourth-order valence-electron chi connectivity index (χ4n) is 2.51. The molecule has 1 atom stereocenters. The van der Waals surface area contributed by atoms with Gasteiger partial charge in [-0.1, -0.05) is 6.07 Å².